The number of nitrogens with one attached hydrogen (secondary N) is 2. The van der Waals surface area contributed by atoms with E-state index < -0.39 is 0 Å². The lowest BCUT2D eigenvalue weighted by atomic mass is 10.0. The highest BCUT2D eigenvalue weighted by Crippen LogP contribution is 2.17. The van der Waals surface area contributed by atoms with Crippen LogP contribution in [-0.4, -0.2) is 35.1 Å². The van der Waals surface area contributed by atoms with Gasteiger partial charge >= 0.3 is 6.03 Å². The van der Waals surface area contributed by atoms with E-state index in [1.54, 1.807) is 0 Å². The Hall–Kier alpha value is -1.56. The van der Waals surface area contributed by atoms with Gasteiger partial charge in [-0.3, -0.25) is 4.68 Å². The zero-order chi connectivity index (χ0) is 16.1. The molecule has 0 radical (unpaired) electrons. The van der Waals surface area contributed by atoms with Gasteiger partial charge in [0.05, 0.1) is 12.3 Å². The zero-order valence-electron chi connectivity index (χ0n) is 14.1. The maximum absolute atomic E-state index is 12.1. The van der Waals surface area contributed by atoms with Gasteiger partial charge < -0.3 is 15.4 Å². The molecule has 124 valence electrons. The van der Waals surface area contributed by atoms with Gasteiger partial charge in [0, 0.05) is 43.4 Å². The van der Waals surface area contributed by atoms with Gasteiger partial charge in [0.15, 0.2) is 0 Å². The molecular weight excluding hydrogens is 280 g/mol. The first-order chi connectivity index (χ1) is 10.6. The number of aromatic nitrogens is 2. The maximum atomic E-state index is 12.1. The van der Waals surface area contributed by atoms with Crippen LogP contribution in [0.2, 0.25) is 0 Å². The first-order valence-corrected chi connectivity index (χ1v) is 8.22. The normalized spacial score (nSPS) is 19.2. The molecular formula is C16H28N4O2. The van der Waals surface area contributed by atoms with Gasteiger partial charge in [-0.25, -0.2) is 4.79 Å². The van der Waals surface area contributed by atoms with Crippen molar-refractivity contribution in [3.05, 3.63) is 17.0 Å². The molecule has 6 nitrogen and oxygen atoms in total. The molecule has 0 saturated carbocycles. The average Bonchev–Trinajstić information content (AvgIpc) is 3.12. The van der Waals surface area contributed by atoms with Crippen molar-refractivity contribution in [1.29, 1.82) is 0 Å². The van der Waals surface area contributed by atoms with Gasteiger partial charge in [0.25, 0.3) is 0 Å². The number of aryl methyl sites for hydroxylation is 2. The number of nitrogens with zero attached hydrogens (tertiary/aromatic N) is 2. The SMILES string of the molecule is CCc1nn(C)c(CC)c1CNC(=O)N[C@H](C)[C@H]1CCOC1. The number of carbonyl (C=O) groups excluding carboxylic acids is 1. The zero-order valence-corrected chi connectivity index (χ0v) is 14.1. The van der Waals surface area contributed by atoms with Crippen molar-refractivity contribution in [3.8, 4) is 0 Å². The van der Waals surface area contributed by atoms with Crippen LogP contribution >= 0.6 is 0 Å². The van der Waals surface area contributed by atoms with Crippen molar-refractivity contribution in [3.63, 3.8) is 0 Å². The van der Waals surface area contributed by atoms with E-state index in [-0.39, 0.29) is 12.1 Å². The van der Waals surface area contributed by atoms with Gasteiger partial charge in [-0.15, -0.1) is 0 Å². The molecule has 0 aliphatic carbocycles. The predicted molar refractivity (Wildman–Crippen MR) is 85.7 cm³/mol. The van der Waals surface area contributed by atoms with Crippen LogP contribution in [-0.2, 0) is 31.2 Å². The lowest BCUT2D eigenvalue weighted by Gasteiger charge is -2.19. The Labute approximate surface area is 132 Å². The molecule has 1 aliphatic rings. The van der Waals surface area contributed by atoms with Crippen molar-refractivity contribution in [2.24, 2.45) is 13.0 Å². The summed E-state index contributed by atoms with van der Waals surface area (Å²) in [7, 11) is 1.96. The highest BCUT2D eigenvalue weighted by Gasteiger charge is 2.23. The first kappa shape index (κ1) is 16.8. The molecule has 2 rings (SSSR count). The van der Waals surface area contributed by atoms with Crippen LogP contribution in [0.3, 0.4) is 0 Å². The van der Waals surface area contributed by atoms with Crippen molar-refractivity contribution in [1.82, 2.24) is 20.4 Å². The minimum absolute atomic E-state index is 0.118. The molecule has 1 aromatic rings. The Morgan fingerprint density at radius 2 is 2.23 bits per heavy atom. The highest BCUT2D eigenvalue weighted by molar-refractivity contribution is 5.74. The minimum Gasteiger partial charge on any atom is -0.381 e. The summed E-state index contributed by atoms with van der Waals surface area (Å²) in [5.74, 6) is 0.418. The Bertz CT molecular complexity index is 506. The Kier molecular flexibility index (Phi) is 5.83. The highest BCUT2D eigenvalue weighted by atomic mass is 16.5. The molecule has 2 N–H and O–H groups in total. The lowest BCUT2D eigenvalue weighted by Crippen LogP contribution is -2.44. The summed E-state index contributed by atoms with van der Waals surface area (Å²) in [6.07, 6.45) is 2.81. The van der Waals surface area contributed by atoms with Gasteiger partial charge in [0.2, 0.25) is 0 Å². The second-order valence-corrected chi connectivity index (χ2v) is 5.94. The fraction of sp³-hybridized carbons (Fsp3) is 0.750. The number of urea groups is 1. The minimum atomic E-state index is -0.118. The van der Waals surface area contributed by atoms with E-state index in [1.165, 1.54) is 5.69 Å². The molecule has 0 unspecified atom stereocenters. The van der Waals surface area contributed by atoms with E-state index in [0.717, 1.165) is 43.7 Å². The van der Waals surface area contributed by atoms with Gasteiger partial charge in [0.1, 0.15) is 0 Å². The van der Waals surface area contributed by atoms with E-state index in [1.807, 2.05) is 18.7 Å². The molecule has 0 bridgehead atoms. The third kappa shape index (κ3) is 3.80. The Balaban J connectivity index is 1.90. The predicted octanol–water partition coefficient (Wildman–Crippen LogP) is 1.77. The lowest BCUT2D eigenvalue weighted by molar-refractivity contribution is 0.178. The number of ether oxygens (including phenoxy) is 1. The topological polar surface area (TPSA) is 68.2 Å². The molecule has 1 fully saturated rings. The van der Waals surface area contributed by atoms with Crippen LogP contribution in [0.25, 0.3) is 0 Å². The summed E-state index contributed by atoms with van der Waals surface area (Å²) < 4.78 is 7.29. The maximum Gasteiger partial charge on any atom is 0.315 e. The second kappa shape index (κ2) is 7.63. The molecule has 0 spiro atoms. The number of rotatable bonds is 6. The van der Waals surface area contributed by atoms with Crippen LogP contribution < -0.4 is 10.6 Å². The van der Waals surface area contributed by atoms with E-state index >= 15 is 0 Å². The molecule has 2 heterocycles. The fourth-order valence-electron chi connectivity index (χ4n) is 3.09. The van der Waals surface area contributed by atoms with E-state index in [9.17, 15) is 4.79 Å². The number of amides is 2. The van der Waals surface area contributed by atoms with Crippen LogP contribution in [0.15, 0.2) is 0 Å². The largest absolute Gasteiger partial charge is 0.381 e. The third-order valence-corrected chi connectivity index (χ3v) is 4.48. The van der Waals surface area contributed by atoms with Crippen LogP contribution in [0.5, 0.6) is 0 Å². The van der Waals surface area contributed by atoms with Gasteiger partial charge in [-0.2, -0.15) is 5.10 Å². The van der Waals surface area contributed by atoms with Crippen molar-refractivity contribution < 1.29 is 9.53 Å². The second-order valence-electron chi connectivity index (χ2n) is 5.94. The molecule has 2 amide bonds. The van der Waals surface area contributed by atoms with Crippen LogP contribution in [0, 0.1) is 5.92 Å². The van der Waals surface area contributed by atoms with Crippen LogP contribution in [0.4, 0.5) is 4.79 Å². The molecule has 1 aromatic heterocycles. The smallest absolute Gasteiger partial charge is 0.315 e. The third-order valence-electron chi connectivity index (χ3n) is 4.48. The molecule has 0 aromatic carbocycles. The number of hydrogen-bond acceptors (Lipinski definition) is 3. The van der Waals surface area contributed by atoms with E-state index in [4.69, 9.17) is 4.74 Å². The molecule has 6 heteroatoms. The van der Waals surface area contributed by atoms with Crippen LogP contribution in [0.1, 0.15) is 44.1 Å². The fourth-order valence-corrected chi connectivity index (χ4v) is 3.09. The molecule has 2 atom stereocenters. The first-order valence-electron chi connectivity index (χ1n) is 8.22. The standard InChI is InChI=1S/C16H28N4O2/c1-5-14-13(15(6-2)20(4)19-14)9-17-16(21)18-11(3)12-7-8-22-10-12/h11-12H,5-10H2,1-4H3,(H2,17,18,21)/t11-,12+/m1/s1. The molecule has 1 saturated heterocycles. The van der Waals surface area contributed by atoms with E-state index in [0.29, 0.717) is 12.5 Å². The summed E-state index contributed by atoms with van der Waals surface area (Å²) in [6.45, 7) is 8.31. The Morgan fingerprint density at radius 1 is 1.45 bits per heavy atom. The monoisotopic (exact) mass is 308 g/mol. The summed E-state index contributed by atoms with van der Waals surface area (Å²) in [5.41, 5.74) is 3.41. The van der Waals surface area contributed by atoms with Crippen molar-refractivity contribution >= 4 is 6.03 Å². The number of hydrogen-bond donors (Lipinski definition) is 2. The van der Waals surface area contributed by atoms with Gasteiger partial charge in [-0.05, 0) is 26.2 Å². The average molecular weight is 308 g/mol. The quantitative estimate of drug-likeness (QED) is 0.841. The van der Waals surface area contributed by atoms with Crippen molar-refractivity contribution in [2.45, 2.75) is 52.6 Å². The summed E-state index contributed by atoms with van der Waals surface area (Å²) in [4.78, 5) is 12.1. The number of carbonyl (C=O) groups is 1. The van der Waals surface area contributed by atoms with E-state index in [2.05, 4.69) is 29.6 Å². The summed E-state index contributed by atoms with van der Waals surface area (Å²) >= 11 is 0. The molecule has 1 aliphatic heterocycles. The van der Waals surface area contributed by atoms with Crippen molar-refractivity contribution in [2.75, 3.05) is 13.2 Å². The summed E-state index contributed by atoms with van der Waals surface area (Å²) in [5, 5.41) is 10.5. The summed E-state index contributed by atoms with van der Waals surface area (Å²) in [6, 6.07) is 0.0139. The van der Waals surface area contributed by atoms with Gasteiger partial charge in [-0.1, -0.05) is 13.8 Å². The molecule has 22 heavy (non-hydrogen) atoms. The Morgan fingerprint density at radius 3 is 2.82 bits per heavy atom.